The SMILES string of the molecule is O=C(Nc1ccc(Br)cc1F)C1CC(c2cccc(Cl)c2)NN1. The first-order valence-electron chi connectivity index (χ1n) is 7.05. The van der Waals surface area contributed by atoms with Crippen molar-refractivity contribution in [2.24, 2.45) is 0 Å². The van der Waals surface area contributed by atoms with E-state index in [9.17, 15) is 9.18 Å². The van der Waals surface area contributed by atoms with Crippen molar-refractivity contribution in [1.82, 2.24) is 10.9 Å². The van der Waals surface area contributed by atoms with Crippen LogP contribution in [0.1, 0.15) is 18.0 Å². The minimum Gasteiger partial charge on any atom is -0.322 e. The summed E-state index contributed by atoms with van der Waals surface area (Å²) in [6.45, 7) is 0. The van der Waals surface area contributed by atoms with Gasteiger partial charge in [0.1, 0.15) is 11.9 Å². The Labute approximate surface area is 146 Å². The van der Waals surface area contributed by atoms with E-state index in [4.69, 9.17) is 11.6 Å². The Kier molecular flexibility index (Phi) is 4.96. The average molecular weight is 399 g/mol. The molecule has 0 saturated carbocycles. The molecule has 3 N–H and O–H groups in total. The van der Waals surface area contributed by atoms with Crippen molar-refractivity contribution in [3.63, 3.8) is 0 Å². The molecule has 7 heteroatoms. The lowest BCUT2D eigenvalue weighted by molar-refractivity contribution is -0.117. The van der Waals surface area contributed by atoms with Crippen molar-refractivity contribution in [1.29, 1.82) is 0 Å². The van der Waals surface area contributed by atoms with E-state index < -0.39 is 11.9 Å². The molecule has 1 aliphatic rings. The van der Waals surface area contributed by atoms with Crippen molar-refractivity contribution in [3.8, 4) is 0 Å². The van der Waals surface area contributed by atoms with Crippen molar-refractivity contribution in [3.05, 3.63) is 63.3 Å². The summed E-state index contributed by atoms with van der Waals surface area (Å²) in [5.74, 6) is -0.770. The van der Waals surface area contributed by atoms with Gasteiger partial charge in [0.2, 0.25) is 5.91 Å². The van der Waals surface area contributed by atoms with E-state index in [1.165, 1.54) is 12.1 Å². The predicted octanol–water partition coefficient (Wildman–Crippen LogP) is 3.79. The summed E-state index contributed by atoms with van der Waals surface area (Å²) in [7, 11) is 0. The van der Waals surface area contributed by atoms with Gasteiger partial charge in [0.15, 0.2) is 0 Å². The standard InChI is InChI=1S/C16H14BrClFN3O/c17-10-4-5-13(12(19)7-10)20-16(23)15-8-14(21-22-15)9-2-1-3-11(18)6-9/h1-7,14-15,21-22H,8H2,(H,20,23). The molecule has 1 amide bonds. The number of anilines is 1. The number of benzene rings is 2. The first kappa shape index (κ1) is 16.4. The molecule has 0 aliphatic carbocycles. The molecule has 1 aliphatic heterocycles. The second-order valence-corrected chi connectivity index (χ2v) is 6.65. The molecule has 2 atom stereocenters. The number of rotatable bonds is 3. The molecule has 1 saturated heterocycles. The second-order valence-electron chi connectivity index (χ2n) is 5.30. The fraction of sp³-hybridized carbons (Fsp3) is 0.188. The minimum absolute atomic E-state index is 0.0285. The quantitative estimate of drug-likeness (QED) is 0.737. The van der Waals surface area contributed by atoms with Crippen molar-refractivity contribution < 1.29 is 9.18 Å². The fourth-order valence-corrected chi connectivity index (χ4v) is 3.01. The Morgan fingerprint density at radius 2 is 2.09 bits per heavy atom. The van der Waals surface area contributed by atoms with Gasteiger partial charge in [-0.15, -0.1) is 0 Å². The van der Waals surface area contributed by atoms with Crippen LogP contribution >= 0.6 is 27.5 Å². The lowest BCUT2D eigenvalue weighted by Crippen LogP contribution is -2.39. The highest BCUT2D eigenvalue weighted by Gasteiger charge is 2.30. The number of carbonyl (C=O) groups excluding carboxylic acids is 1. The van der Waals surface area contributed by atoms with Gasteiger partial charge in [0, 0.05) is 15.5 Å². The van der Waals surface area contributed by atoms with Crippen LogP contribution in [0, 0.1) is 5.82 Å². The minimum atomic E-state index is -0.481. The average Bonchev–Trinajstić information content (AvgIpc) is 3.00. The first-order chi connectivity index (χ1) is 11.0. The summed E-state index contributed by atoms with van der Waals surface area (Å²) in [5.41, 5.74) is 7.16. The number of carbonyl (C=O) groups is 1. The third-order valence-electron chi connectivity index (χ3n) is 3.66. The van der Waals surface area contributed by atoms with E-state index in [1.54, 1.807) is 12.1 Å². The largest absolute Gasteiger partial charge is 0.322 e. The van der Waals surface area contributed by atoms with Crippen molar-refractivity contribution in [2.75, 3.05) is 5.32 Å². The molecule has 3 rings (SSSR count). The Bertz CT molecular complexity index is 743. The fourth-order valence-electron chi connectivity index (χ4n) is 2.48. The highest BCUT2D eigenvalue weighted by Crippen LogP contribution is 2.25. The van der Waals surface area contributed by atoms with E-state index >= 15 is 0 Å². The Morgan fingerprint density at radius 3 is 2.83 bits per heavy atom. The molecule has 1 heterocycles. The van der Waals surface area contributed by atoms with Crippen LogP contribution in [0.5, 0.6) is 0 Å². The monoisotopic (exact) mass is 397 g/mol. The maximum atomic E-state index is 13.8. The van der Waals surface area contributed by atoms with Crippen LogP contribution in [-0.2, 0) is 4.79 Å². The van der Waals surface area contributed by atoms with Crippen LogP contribution in [0.3, 0.4) is 0 Å². The van der Waals surface area contributed by atoms with Crippen LogP contribution < -0.4 is 16.2 Å². The second kappa shape index (κ2) is 6.97. The van der Waals surface area contributed by atoms with Gasteiger partial charge in [-0.2, -0.15) is 0 Å². The summed E-state index contributed by atoms with van der Waals surface area (Å²) in [5, 5.41) is 3.25. The summed E-state index contributed by atoms with van der Waals surface area (Å²) in [6.07, 6.45) is 0.546. The third-order valence-corrected chi connectivity index (χ3v) is 4.39. The molecule has 0 radical (unpaired) electrons. The number of nitrogens with one attached hydrogen (secondary N) is 3. The number of hydrogen-bond acceptors (Lipinski definition) is 3. The molecule has 2 unspecified atom stereocenters. The molecule has 0 spiro atoms. The van der Waals surface area contributed by atoms with E-state index in [1.807, 2.05) is 18.2 Å². The summed E-state index contributed by atoms with van der Waals surface area (Å²) < 4.78 is 14.4. The highest BCUT2D eigenvalue weighted by molar-refractivity contribution is 9.10. The zero-order chi connectivity index (χ0) is 16.4. The molecule has 0 bridgehead atoms. The van der Waals surface area contributed by atoms with Gasteiger partial charge in [0.25, 0.3) is 0 Å². The van der Waals surface area contributed by atoms with Crippen LogP contribution in [-0.4, -0.2) is 11.9 Å². The Hall–Kier alpha value is -1.47. The van der Waals surface area contributed by atoms with Crippen molar-refractivity contribution >= 4 is 39.1 Å². The van der Waals surface area contributed by atoms with E-state index in [-0.39, 0.29) is 17.6 Å². The summed E-state index contributed by atoms with van der Waals surface area (Å²) >= 11 is 9.17. The van der Waals surface area contributed by atoms with E-state index in [0.29, 0.717) is 15.9 Å². The maximum absolute atomic E-state index is 13.8. The molecule has 0 aromatic heterocycles. The number of hydrogen-bond donors (Lipinski definition) is 3. The topological polar surface area (TPSA) is 53.2 Å². The van der Waals surface area contributed by atoms with Crippen LogP contribution in [0.15, 0.2) is 46.9 Å². The van der Waals surface area contributed by atoms with Crippen LogP contribution in [0.25, 0.3) is 0 Å². The number of amides is 1. The van der Waals surface area contributed by atoms with Gasteiger partial charge < -0.3 is 5.32 Å². The van der Waals surface area contributed by atoms with E-state index in [0.717, 1.165) is 5.56 Å². The van der Waals surface area contributed by atoms with Gasteiger partial charge in [-0.3, -0.25) is 4.79 Å². The predicted molar refractivity (Wildman–Crippen MR) is 91.6 cm³/mol. The zero-order valence-electron chi connectivity index (χ0n) is 11.9. The maximum Gasteiger partial charge on any atom is 0.243 e. The van der Waals surface area contributed by atoms with Gasteiger partial charge in [0.05, 0.1) is 5.69 Å². The lowest BCUT2D eigenvalue weighted by atomic mass is 10.0. The zero-order valence-corrected chi connectivity index (χ0v) is 14.3. The Morgan fingerprint density at radius 1 is 1.26 bits per heavy atom. The molecular formula is C16H14BrClFN3O. The molecule has 23 heavy (non-hydrogen) atoms. The number of hydrazine groups is 1. The van der Waals surface area contributed by atoms with Gasteiger partial charge in [-0.05, 0) is 42.3 Å². The van der Waals surface area contributed by atoms with Gasteiger partial charge in [-0.25, -0.2) is 15.2 Å². The first-order valence-corrected chi connectivity index (χ1v) is 8.22. The Balaban J connectivity index is 1.65. The molecule has 120 valence electrons. The van der Waals surface area contributed by atoms with Crippen LogP contribution in [0.2, 0.25) is 5.02 Å². The van der Waals surface area contributed by atoms with E-state index in [2.05, 4.69) is 32.1 Å². The summed E-state index contributed by atoms with van der Waals surface area (Å²) in [4.78, 5) is 12.3. The summed E-state index contributed by atoms with van der Waals surface area (Å²) in [6, 6.07) is 11.5. The molecule has 1 fully saturated rings. The lowest BCUT2D eigenvalue weighted by Gasteiger charge is -2.11. The molecule has 2 aromatic carbocycles. The molecule has 4 nitrogen and oxygen atoms in total. The van der Waals surface area contributed by atoms with Gasteiger partial charge in [-0.1, -0.05) is 39.7 Å². The third kappa shape index (κ3) is 3.90. The van der Waals surface area contributed by atoms with Gasteiger partial charge >= 0.3 is 0 Å². The number of halogens is 3. The van der Waals surface area contributed by atoms with Crippen LogP contribution in [0.4, 0.5) is 10.1 Å². The molecule has 2 aromatic rings. The van der Waals surface area contributed by atoms with Crippen molar-refractivity contribution in [2.45, 2.75) is 18.5 Å². The normalized spacial score (nSPS) is 20.5. The molecular weight excluding hydrogens is 385 g/mol. The smallest absolute Gasteiger partial charge is 0.243 e. The highest BCUT2D eigenvalue weighted by atomic mass is 79.9.